The number of aryl methyl sites for hydroxylation is 1. The number of hydrogen-bond acceptors (Lipinski definition) is 4. The maximum absolute atomic E-state index is 13.4. The normalized spacial score (nSPS) is 29.3. The van der Waals surface area contributed by atoms with Crippen LogP contribution in [0.3, 0.4) is 0 Å². The molecule has 1 aromatic heterocycles. The van der Waals surface area contributed by atoms with Crippen molar-refractivity contribution in [1.29, 1.82) is 0 Å². The average molecular weight is 460 g/mol. The van der Waals surface area contributed by atoms with Gasteiger partial charge < -0.3 is 20.0 Å². The molecule has 0 radical (unpaired) electrons. The lowest BCUT2D eigenvalue weighted by atomic mass is 9.43. The van der Waals surface area contributed by atoms with E-state index in [0.717, 1.165) is 32.1 Å². The first-order chi connectivity index (χ1) is 16.3. The van der Waals surface area contributed by atoms with Gasteiger partial charge in [-0.2, -0.15) is 0 Å². The molecular formula is C27H29N3O4. The molecule has 0 spiro atoms. The fourth-order valence-electron chi connectivity index (χ4n) is 7.34. The summed E-state index contributed by atoms with van der Waals surface area (Å²) in [5, 5.41) is 2.76. The molecule has 4 aliphatic rings. The Labute approximate surface area is 197 Å². The van der Waals surface area contributed by atoms with E-state index in [1.807, 2.05) is 0 Å². The molecule has 4 fully saturated rings. The van der Waals surface area contributed by atoms with E-state index in [9.17, 15) is 14.4 Å². The molecule has 2 atom stereocenters. The van der Waals surface area contributed by atoms with Gasteiger partial charge in [-0.1, -0.05) is 29.8 Å². The maximum atomic E-state index is 13.4. The van der Waals surface area contributed by atoms with Gasteiger partial charge in [0.1, 0.15) is 0 Å². The highest BCUT2D eigenvalue weighted by atomic mass is 16.5. The molecule has 1 amide bonds. The van der Waals surface area contributed by atoms with E-state index in [2.05, 4.69) is 46.5 Å². The molecule has 1 heterocycles. The van der Waals surface area contributed by atoms with Crippen molar-refractivity contribution in [3.05, 3.63) is 64.1 Å². The number of hydrogen-bond donors (Lipinski definition) is 3. The lowest BCUT2D eigenvalue weighted by Gasteiger charge is -2.61. The van der Waals surface area contributed by atoms with Crippen LogP contribution in [-0.2, 0) is 19.7 Å². The third-order valence-electron chi connectivity index (χ3n) is 8.29. The summed E-state index contributed by atoms with van der Waals surface area (Å²) in [4.78, 5) is 42.7. The van der Waals surface area contributed by atoms with Crippen molar-refractivity contribution in [3.63, 3.8) is 0 Å². The number of H-pyrrole nitrogens is 2. The van der Waals surface area contributed by atoms with E-state index in [1.54, 1.807) is 18.2 Å². The molecule has 4 aliphatic carbocycles. The maximum Gasteiger partial charge on any atom is 0.323 e. The smallest absolute Gasteiger partial charge is 0.323 e. The number of esters is 1. The summed E-state index contributed by atoms with van der Waals surface area (Å²) in [7, 11) is 0. The predicted molar refractivity (Wildman–Crippen MR) is 128 cm³/mol. The van der Waals surface area contributed by atoms with Crippen molar-refractivity contribution in [2.75, 3.05) is 11.9 Å². The third-order valence-corrected chi connectivity index (χ3v) is 8.29. The fourth-order valence-corrected chi connectivity index (χ4v) is 7.34. The van der Waals surface area contributed by atoms with E-state index in [0.29, 0.717) is 28.6 Å². The Bertz CT molecular complexity index is 1320. The lowest BCUT2D eigenvalue weighted by molar-refractivity contribution is -0.175. The van der Waals surface area contributed by atoms with Crippen molar-refractivity contribution in [3.8, 4) is 0 Å². The Hall–Kier alpha value is -3.35. The van der Waals surface area contributed by atoms with E-state index in [1.165, 1.54) is 17.5 Å². The van der Waals surface area contributed by atoms with Gasteiger partial charge in [-0.3, -0.25) is 9.59 Å². The number of benzene rings is 2. The summed E-state index contributed by atoms with van der Waals surface area (Å²) in [5.41, 5.74) is 3.66. The number of aromatic nitrogens is 2. The summed E-state index contributed by atoms with van der Waals surface area (Å²) < 4.78 is 5.64. The highest BCUT2D eigenvalue weighted by Crippen LogP contribution is 2.66. The summed E-state index contributed by atoms with van der Waals surface area (Å²) in [5.74, 6) is 0.473. The number of carbonyl (C=O) groups excluding carboxylic acids is 2. The second-order valence-corrected chi connectivity index (χ2v) is 10.9. The Balaban J connectivity index is 1.15. The largest absolute Gasteiger partial charge is 0.455 e. The van der Waals surface area contributed by atoms with Crippen LogP contribution < -0.4 is 11.0 Å². The predicted octanol–water partition coefficient (Wildman–Crippen LogP) is 4.18. The van der Waals surface area contributed by atoms with Crippen LogP contribution >= 0.6 is 0 Å². The number of nitrogens with one attached hydrogen (secondary N) is 3. The third kappa shape index (κ3) is 3.54. The Morgan fingerprint density at radius 2 is 1.71 bits per heavy atom. The van der Waals surface area contributed by atoms with E-state index in [-0.39, 0.29) is 29.6 Å². The van der Waals surface area contributed by atoms with E-state index < -0.39 is 5.41 Å². The van der Waals surface area contributed by atoms with Crippen LogP contribution in [0.15, 0.2) is 47.3 Å². The molecule has 4 saturated carbocycles. The highest BCUT2D eigenvalue weighted by Gasteiger charge is 2.61. The summed E-state index contributed by atoms with van der Waals surface area (Å²) in [6.07, 6.45) is 6.04. The molecule has 0 saturated heterocycles. The monoisotopic (exact) mass is 459 g/mol. The minimum Gasteiger partial charge on any atom is -0.455 e. The molecule has 2 aromatic carbocycles. The number of ether oxygens (including phenoxy) is 1. The zero-order valence-corrected chi connectivity index (χ0v) is 19.3. The Kier molecular flexibility index (Phi) is 4.73. The molecule has 7 heteroatoms. The fraction of sp³-hybridized carbons (Fsp3) is 0.444. The van der Waals surface area contributed by atoms with Gasteiger partial charge >= 0.3 is 11.7 Å². The van der Waals surface area contributed by atoms with Crippen molar-refractivity contribution in [1.82, 2.24) is 9.97 Å². The molecule has 0 aliphatic heterocycles. The SMILES string of the molecule is Cc1ccc(C23CC4CC(CC(C(=O)OCC(=O)Nc5ccc6[nH]c(=O)[nH]c6c5)(C4)C2)C3)cc1. The number of rotatable bonds is 5. The number of imidazole rings is 1. The van der Waals surface area contributed by atoms with Crippen LogP contribution in [-0.4, -0.2) is 28.5 Å². The lowest BCUT2D eigenvalue weighted by Crippen LogP contribution is -2.57. The molecular weight excluding hydrogens is 430 g/mol. The van der Waals surface area contributed by atoms with Gasteiger partial charge in [0.25, 0.3) is 5.91 Å². The van der Waals surface area contributed by atoms with Crippen molar-refractivity contribution in [2.24, 2.45) is 17.3 Å². The first-order valence-corrected chi connectivity index (χ1v) is 12.1. The van der Waals surface area contributed by atoms with Gasteiger partial charge in [-0.25, -0.2) is 4.79 Å². The molecule has 4 bridgehead atoms. The van der Waals surface area contributed by atoms with Crippen molar-refractivity contribution < 1.29 is 14.3 Å². The summed E-state index contributed by atoms with van der Waals surface area (Å²) >= 11 is 0. The van der Waals surface area contributed by atoms with Crippen molar-refractivity contribution in [2.45, 2.75) is 50.9 Å². The standard InChI is InChI=1S/C27H29N3O4/c1-16-2-4-19(5-3-16)26-10-17-8-18(11-26)13-27(12-17,15-26)24(32)34-14-23(31)28-20-6-7-21-22(9-20)30-25(33)29-21/h2-7,9,17-18H,8,10-15H2,1H3,(H,28,31)(H2,29,30,33). The summed E-state index contributed by atoms with van der Waals surface area (Å²) in [6, 6.07) is 13.9. The number of anilines is 1. The van der Waals surface area contributed by atoms with Gasteiger partial charge in [0, 0.05) is 5.69 Å². The average Bonchev–Trinajstić information content (AvgIpc) is 3.16. The summed E-state index contributed by atoms with van der Waals surface area (Å²) in [6.45, 7) is 1.79. The second kappa shape index (κ2) is 7.58. The molecule has 7 rings (SSSR count). The Morgan fingerprint density at radius 1 is 1.00 bits per heavy atom. The molecule has 176 valence electrons. The van der Waals surface area contributed by atoms with Gasteiger partial charge in [0.15, 0.2) is 6.61 Å². The number of fused-ring (bicyclic) bond motifs is 1. The molecule has 34 heavy (non-hydrogen) atoms. The zero-order chi connectivity index (χ0) is 23.5. The van der Waals surface area contributed by atoms with Gasteiger partial charge in [-0.05, 0) is 86.5 Å². The Morgan fingerprint density at radius 3 is 2.44 bits per heavy atom. The van der Waals surface area contributed by atoms with Crippen LogP contribution in [0.2, 0.25) is 0 Å². The highest BCUT2D eigenvalue weighted by molar-refractivity contribution is 5.95. The van der Waals surface area contributed by atoms with Crippen molar-refractivity contribution >= 4 is 28.6 Å². The zero-order valence-electron chi connectivity index (χ0n) is 19.3. The van der Waals surface area contributed by atoms with Crippen LogP contribution in [0.1, 0.15) is 49.7 Å². The number of carbonyl (C=O) groups is 2. The minimum atomic E-state index is -0.487. The van der Waals surface area contributed by atoms with Crippen LogP contribution in [0.4, 0.5) is 5.69 Å². The molecule has 2 unspecified atom stereocenters. The van der Waals surface area contributed by atoms with Gasteiger partial charge in [-0.15, -0.1) is 0 Å². The quantitative estimate of drug-likeness (QED) is 0.498. The van der Waals surface area contributed by atoms with Crippen LogP contribution in [0.5, 0.6) is 0 Å². The van der Waals surface area contributed by atoms with E-state index in [4.69, 9.17) is 4.74 Å². The first kappa shape index (κ1) is 21.2. The first-order valence-electron chi connectivity index (χ1n) is 12.1. The van der Waals surface area contributed by atoms with Crippen LogP contribution in [0, 0.1) is 24.2 Å². The van der Waals surface area contributed by atoms with Crippen LogP contribution in [0.25, 0.3) is 11.0 Å². The van der Waals surface area contributed by atoms with Gasteiger partial charge in [0.2, 0.25) is 0 Å². The second-order valence-electron chi connectivity index (χ2n) is 10.9. The molecule has 3 aromatic rings. The van der Waals surface area contributed by atoms with E-state index >= 15 is 0 Å². The molecule has 7 nitrogen and oxygen atoms in total. The molecule has 3 N–H and O–H groups in total. The minimum absolute atomic E-state index is 0.0436. The van der Waals surface area contributed by atoms with Gasteiger partial charge in [0.05, 0.1) is 16.4 Å². The number of aromatic amines is 2. The number of amides is 1. The topological polar surface area (TPSA) is 104 Å².